The maximum Gasteiger partial charge on any atom is 0.446 e. The van der Waals surface area contributed by atoms with Gasteiger partial charge in [0.15, 0.2) is 11.5 Å². The second-order valence-electron chi connectivity index (χ2n) is 2.96. The molecule has 0 aliphatic heterocycles. The summed E-state index contributed by atoms with van der Waals surface area (Å²) in [5, 5.41) is 8.63. The summed E-state index contributed by atoms with van der Waals surface area (Å²) in [6, 6.07) is 3.18. The average Bonchev–Trinajstić information content (AvgIpc) is 2.16. The summed E-state index contributed by atoms with van der Waals surface area (Å²) in [5.74, 6) is -2.27. The van der Waals surface area contributed by atoms with Crippen molar-refractivity contribution in [1.82, 2.24) is 0 Å². The highest BCUT2D eigenvalue weighted by molar-refractivity contribution is 7.81. The summed E-state index contributed by atoms with van der Waals surface area (Å²) in [6.07, 6.45) is -0.427. The summed E-state index contributed by atoms with van der Waals surface area (Å²) in [7, 11) is -7.77. The first kappa shape index (κ1) is 9.25. The van der Waals surface area contributed by atoms with E-state index in [1.54, 1.807) is 0 Å². The van der Waals surface area contributed by atoms with Crippen LogP contribution in [0.25, 0.3) is 0 Å². The topological polar surface area (TPSA) is 110 Å². The van der Waals surface area contributed by atoms with E-state index in [0.29, 0.717) is 0 Å². The van der Waals surface area contributed by atoms with Gasteiger partial charge in [-0.15, -0.1) is 0 Å². The number of carbonyl (C=O) groups is 1. The van der Waals surface area contributed by atoms with E-state index in [1.165, 1.54) is 6.07 Å². The third kappa shape index (κ3) is 4.29. The first-order chi connectivity index (χ1) is 8.96. The van der Waals surface area contributed by atoms with E-state index in [4.69, 9.17) is 13.8 Å². The molecule has 0 heterocycles. The molecular formula is C9H10O7S. The Labute approximate surface area is 102 Å². The molecule has 1 aromatic rings. The number of ether oxygens (including phenoxy) is 1. The zero-order valence-electron chi connectivity index (χ0n) is 11.3. The van der Waals surface area contributed by atoms with Crippen LogP contribution in [0.15, 0.2) is 18.2 Å². The van der Waals surface area contributed by atoms with Crippen molar-refractivity contribution < 1.29 is 35.9 Å². The molecule has 0 saturated heterocycles. The minimum atomic E-state index is -4.87. The third-order valence-electron chi connectivity index (χ3n) is 1.67. The van der Waals surface area contributed by atoms with Gasteiger partial charge in [-0.05, 0) is 17.7 Å². The Hall–Kier alpha value is -1.80. The molecule has 8 heteroatoms. The van der Waals surface area contributed by atoms with E-state index in [-0.39, 0.29) is 5.56 Å². The summed E-state index contributed by atoms with van der Waals surface area (Å²) >= 11 is 0. The van der Waals surface area contributed by atoms with E-state index in [1.807, 2.05) is 0 Å². The van der Waals surface area contributed by atoms with Crippen molar-refractivity contribution in [1.29, 1.82) is 0 Å². The number of carboxylic acids is 1. The molecule has 0 unspecified atom stereocenters. The number of rotatable bonds is 5. The fourth-order valence-electron chi connectivity index (χ4n) is 1.10. The minimum Gasteiger partial charge on any atom is -0.493 e. The maximum atomic E-state index is 10.6. The summed E-state index contributed by atoms with van der Waals surface area (Å²) in [4.78, 5) is 10.6. The lowest BCUT2D eigenvalue weighted by molar-refractivity contribution is -0.136. The quantitative estimate of drug-likeness (QED) is 0.746. The second-order valence-corrected chi connectivity index (χ2v) is 3.99. The van der Waals surface area contributed by atoms with Gasteiger partial charge in [-0.1, -0.05) is 6.07 Å². The largest absolute Gasteiger partial charge is 0.493 e. The molecule has 0 bridgehead atoms. The number of carboxylic acid groups (broad SMARTS) is 1. The molecule has 0 radical (unpaired) electrons. The highest BCUT2D eigenvalue weighted by atomic mass is 32.3. The number of hydrogen-bond acceptors (Lipinski definition) is 5. The highest BCUT2D eigenvalue weighted by Gasteiger charge is 2.13. The Morgan fingerprint density at radius 1 is 1.47 bits per heavy atom. The normalized spacial score (nSPS) is 14.3. The van der Waals surface area contributed by atoms with E-state index in [9.17, 15) is 13.2 Å². The van der Waals surface area contributed by atoms with Crippen molar-refractivity contribution in [3.63, 3.8) is 0 Å². The van der Waals surface area contributed by atoms with Crippen LogP contribution in [0.2, 0.25) is 0 Å². The molecule has 0 aliphatic carbocycles. The van der Waals surface area contributed by atoms with Crippen LogP contribution < -0.4 is 8.92 Å². The lowest BCUT2D eigenvalue weighted by Gasteiger charge is -2.08. The fourth-order valence-corrected chi connectivity index (χ4v) is 1.46. The predicted molar refractivity (Wildman–Crippen MR) is 56.5 cm³/mol. The number of hydrogen-bond donors (Lipinski definition) is 2. The van der Waals surface area contributed by atoms with Crippen LogP contribution in [0, 0.1) is 0 Å². The van der Waals surface area contributed by atoms with Crippen LogP contribution in [0.4, 0.5) is 0 Å². The highest BCUT2D eigenvalue weighted by Crippen LogP contribution is 2.29. The van der Waals surface area contributed by atoms with Crippen LogP contribution in [-0.4, -0.2) is 31.1 Å². The van der Waals surface area contributed by atoms with Gasteiger partial charge in [-0.3, -0.25) is 9.35 Å². The van der Waals surface area contributed by atoms with E-state index < -0.39 is 41.3 Å². The third-order valence-corrected chi connectivity index (χ3v) is 2.06. The van der Waals surface area contributed by atoms with Gasteiger partial charge in [0.25, 0.3) is 0 Å². The molecule has 0 aliphatic rings. The molecule has 0 spiro atoms. The molecule has 94 valence electrons. The van der Waals surface area contributed by atoms with E-state index in [0.717, 1.165) is 12.1 Å². The van der Waals surface area contributed by atoms with Crippen LogP contribution in [-0.2, 0) is 21.6 Å². The zero-order valence-corrected chi connectivity index (χ0v) is 9.10. The van der Waals surface area contributed by atoms with Crippen LogP contribution in [0.1, 0.15) is 9.68 Å². The predicted octanol–water partition coefficient (Wildman–Crippen LogP) is 0.504. The van der Waals surface area contributed by atoms with Crippen molar-refractivity contribution in [2.45, 2.75) is 6.42 Å². The molecular weight excluding hydrogens is 252 g/mol. The molecule has 7 nitrogen and oxygen atoms in total. The van der Waals surface area contributed by atoms with E-state index in [2.05, 4.69) is 8.92 Å². The Morgan fingerprint density at radius 2 is 2.18 bits per heavy atom. The van der Waals surface area contributed by atoms with Gasteiger partial charge in [0.05, 0.1) is 17.6 Å². The molecule has 1 rings (SSSR count). The smallest absolute Gasteiger partial charge is 0.446 e. The number of benzene rings is 1. The van der Waals surface area contributed by atoms with Crippen molar-refractivity contribution >= 4 is 16.4 Å². The van der Waals surface area contributed by atoms with Gasteiger partial charge >= 0.3 is 16.4 Å². The van der Waals surface area contributed by atoms with Gasteiger partial charge in [0, 0.05) is 0 Å². The molecule has 2 N–H and O–H groups in total. The fraction of sp³-hybridized carbons (Fsp3) is 0.222. The number of methoxy groups -OCH3 is 1. The first-order valence-corrected chi connectivity index (χ1v) is 5.53. The van der Waals surface area contributed by atoms with Gasteiger partial charge in [-0.2, -0.15) is 8.42 Å². The van der Waals surface area contributed by atoms with Crippen molar-refractivity contribution in [3.8, 4) is 11.5 Å². The monoisotopic (exact) mass is 265 g/mol. The Balaban J connectivity index is 3.19. The molecule has 17 heavy (non-hydrogen) atoms. The summed E-state index contributed by atoms with van der Waals surface area (Å²) in [6.45, 7) is 0. The Morgan fingerprint density at radius 3 is 2.71 bits per heavy atom. The van der Waals surface area contributed by atoms with Crippen molar-refractivity contribution in [3.05, 3.63) is 23.8 Å². The molecule has 0 fully saturated rings. The molecule has 0 saturated carbocycles. The Bertz CT molecular complexity index is 608. The zero-order chi connectivity index (χ0) is 15.6. The van der Waals surface area contributed by atoms with Crippen LogP contribution >= 0.6 is 0 Å². The van der Waals surface area contributed by atoms with Crippen molar-refractivity contribution in [2.75, 3.05) is 7.04 Å². The average molecular weight is 265 g/mol. The van der Waals surface area contributed by atoms with Gasteiger partial charge in [0.1, 0.15) is 0 Å². The summed E-state index contributed by atoms with van der Waals surface area (Å²) < 4.78 is 59.3. The standard InChI is InChI=1S/C9H10O7S/c1-15-8-4-6(5-9(10)11)2-3-7(8)16-17(12,13)14/h2-4H,5H2,1H3,(H,10,11)(H,12,13,14)/i1D3. The first-order valence-electron chi connectivity index (χ1n) is 5.67. The second kappa shape index (κ2) is 5.02. The molecule has 0 aromatic heterocycles. The number of aliphatic carboxylic acids is 1. The Kier molecular flexibility index (Phi) is 2.73. The van der Waals surface area contributed by atoms with Crippen LogP contribution in [0.3, 0.4) is 0 Å². The SMILES string of the molecule is [2H]C([2H])([2H])Oc1cc(CC(=O)O)ccc1OS(=O)(=O)O. The molecule has 1 aromatic carbocycles. The van der Waals surface area contributed by atoms with Gasteiger partial charge in [0.2, 0.25) is 0 Å². The van der Waals surface area contributed by atoms with Crippen LogP contribution in [0.5, 0.6) is 11.5 Å². The molecule has 0 atom stereocenters. The van der Waals surface area contributed by atoms with Crippen molar-refractivity contribution in [2.24, 2.45) is 0 Å². The van der Waals surface area contributed by atoms with Gasteiger partial charge in [-0.25, -0.2) is 0 Å². The summed E-state index contributed by atoms with van der Waals surface area (Å²) in [5.41, 5.74) is 0.166. The maximum absolute atomic E-state index is 10.6. The van der Waals surface area contributed by atoms with E-state index >= 15 is 0 Å². The molecule has 0 amide bonds. The van der Waals surface area contributed by atoms with Gasteiger partial charge < -0.3 is 14.0 Å². The lowest BCUT2D eigenvalue weighted by Crippen LogP contribution is -2.08. The minimum absolute atomic E-state index is 0.166. The lowest BCUT2D eigenvalue weighted by atomic mass is 10.1.